The maximum atomic E-state index is 13.0. The molecule has 1 aliphatic heterocycles. The average molecular weight is 369 g/mol. The van der Waals surface area contributed by atoms with E-state index in [4.69, 9.17) is 0 Å². The van der Waals surface area contributed by atoms with E-state index >= 15 is 0 Å². The minimum Gasteiger partial charge on any atom is -0.338 e. The molecule has 1 amide bonds. The number of carbonyl (C=O) groups excluding carboxylic acids is 1. The van der Waals surface area contributed by atoms with Crippen LogP contribution in [0.3, 0.4) is 0 Å². The van der Waals surface area contributed by atoms with Crippen molar-refractivity contribution in [3.63, 3.8) is 0 Å². The van der Waals surface area contributed by atoms with Crippen molar-refractivity contribution in [2.24, 2.45) is 11.8 Å². The third-order valence-corrected chi connectivity index (χ3v) is 6.19. The van der Waals surface area contributed by atoms with E-state index in [1.165, 1.54) is 0 Å². The third-order valence-electron chi connectivity index (χ3n) is 6.19. The average Bonchev–Trinajstić information content (AvgIpc) is 3.18. The van der Waals surface area contributed by atoms with Crippen molar-refractivity contribution in [1.82, 2.24) is 15.1 Å². The first-order valence-corrected chi connectivity index (χ1v) is 9.97. The molecule has 2 heterocycles. The van der Waals surface area contributed by atoms with Crippen LogP contribution in [-0.4, -0.2) is 34.1 Å². The summed E-state index contributed by atoms with van der Waals surface area (Å²) in [4.78, 5) is 15.0. The Kier molecular flexibility index (Phi) is 4.19. The van der Waals surface area contributed by atoms with Gasteiger partial charge in [-0.05, 0) is 43.7 Å². The summed E-state index contributed by atoms with van der Waals surface area (Å²) in [5, 5.41) is 10.9. The summed E-state index contributed by atoms with van der Waals surface area (Å²) < 4.78 is 0. The number of rotatable bonds is 2. The van der Waals surface area contributed by atoms with Gasteiger partial charge in [0.1, 0.15) is 5.69 Å². The van der Waals surface area contributed by atoms with Gasteiger partial charge in [-0.2, -0.15) is 5.10 Å². The number of benzene rings is 2. The number of hydrogen-bond acceptors (Lipinski definition) is 3. The Labute approximate surface area is 164 Å². The van der Waals surface area contributed by atoms with E-state index in [2.05, 4.69) is 34.5 Å². The predicted octanol–water partition coefficient (Wildman–Crippen LogP) is 4.64. The Bertz CT molecular complexity index is 1050. The molecule has 140 valence electrons. The van der Waals surface area contributed by atoms with Gasteiger partial charge in [-0.15, -0.1) is 5.10 Å². The highest BCUT2D eigenvalue weighted by atomic mass is 16.2. The monoisotopic (exact) mass is 369 g/mol. The Hall–Kier alpha value is -3.01. The lowest BCUT2D eigenvalue weighted by molar-refractivity contribution is 0.0784. The minimum absolute atomic E-state index is 0.140. The number of hydrogen-bond donors (Lipinski definition) is 0. The molecule has 4 heteroatoms. The van der Waals surface area contributed by atoms with Crippen molar-refractivity contribution >= 4 is 16.7 Å². The first-order chi connectivity index (χ1) is 13.7. The number of carbonyl (C=O) groups is 1. The van der Waals surface area contributed by atoms with Crippen LogP contribution in [0.4, 0.5) is 0 Å². The van der Waals surface area contributed by atoms with Crippen LogP contribution in [-0.2, 0) is 0 Å². The number of fused-ring (bicyclic) bond motifs is 2. The number of aryl methyl sites for hydroxylation is 1. The summed E-state index contributed by atoms with van der Waals surface area (Å²) in [6.45, 7) is 3.73. The van der Waals surface area contributed by atoms with Crippen LogP contribution in [0, 0.1) is 18.8 Å². The van der Waals surface area contributed by atoms with Gasteiger partial charge in [0.2, 0.25) is 0 Å². The van der Waals surface area contributed by atoms with Crippen LogP contribution < -0.4 is 0 Å². The number of aromatic nitrogens is 2. The van der Waals surface area contributed by atoms with Gasteiger partial charge in [0.15, 0.2) is 0 Å². The van der Waals surface area contributed by atoms with Gasteiger partial charge < -0.3 is 4.90 Å². The second-order valence-corrected chi connectivity index (χ2v) is 7.93. The summed E-state index contributed by atoms with van der Waals surface area (Å²) in [6, 6.07) is 16.0. The van der Waals surface area contributed by atoms with Crippen LogP contribution in [0.15, 0.2) is 60.7 Å². The van der Waals surface area contributed by atoms with Crippen molar-refractivity contribution in [3.8, 4) is 11.3 Å². The molecule has 0 bridgehead atoms. The van der Waals surface area contributed by atoms with Gasteiger partial charge >= 0.3 is 0 Å². The zero-order valence-corrected chi connectivity index (χ0v) is 16.0. The largest absolute Gasteiger partial charge is 0.338 e. The molecule has 1 aromatic heterocycles. The summed E-state index contributed by atoms with van der Waals surface area (Å²) >= 11 is 0. The quantitative estimate of drug-likeness (QED) is 0.618. The molecule has 1 aliphatic carbocycles. The summed E-state index contributed by atoms with van der Waals surface area (Å²) in [5.41, 5.74) is 3.52. The molecule has 28 heavy (non-hydrogen) atoms. The van der Waals surface area contributed by atoms with Crippen molar-refractivity contribution in [1.29, 1.82) is 0 Å². The molecule has 2 aromatic carbocycles. The highest BCUT2D eigenvalue weighted by Gasteiger charge is 2.35. The third kappa shape index (κ3) is 2.89. The fourth-order valence-corrected chi connectivity index (χ4v) is 4.58. The highest BCUT2D eigenvalue weighted by molar-refractivity contribution is 5.97. The maximum Gasteiger partial charge on any atom is 0.253 e. The molecule has 0 spiro atoms. The number of allylic oxidation sites excluding steroid dienone is 2. The lowest BCUT2D eigenvalue weighted by Crippen LogP contribution is -2.28. The molecule has 1 fully saturated rings. The molecule has 0 radical (unpaired) electrons. The van der Waals surface area contributed by atoms with E-state index < -0.39 is 0 Å². The molecule has 4 nitrogen and oxygen atoms in total. The molecule has 0 N–H and O–H groups in total. The molecule has 0 saturated carbocycles. The molecule has 0 unspecified atom stereocenters. The molecule has 5 rings (SSSR count). The molecular weight excluding hydrogens is 346 g/mol. The van der Waals surface area contributed by atoms with Gasteiger partial charge in [0.25, 0.3) is 5.91 Å². The van der Waals surface area contributed by atoms with E-state index in [-0.39, 0.29) is 5.91 Å². The van der Waals surface area contributed by atoms with Crippen LogP contribution in [0.1, 0.15) is 28.9 Å². The maximum absolute atomic E-state index is 13.0. The number of likely N-dealkylation sites (tertiary alicyclic amines) is 1. The second-order valence-electron chi connectivity index (χ2n) is 7.93. The first-order valence-electron chi connectivity index (χ1n) is 9.97. The summed E-state index contributed by atoms with van der Waals surface area (Å²) in [7, 11) is 0. The topological polar surface area (TPSA) is 46.1 Å². The number of amides is 1. The Morgan fingerprint density at radius 1 is 0.893 bits per heavy atom. The van der Waals surface area contributed by atoms with Crippen LogP contribution >= 0.6 is 0 Å². The normalized spacial score (nSPS) is 21.1. The molecule has 2 atom stereocenters. The van der Waals surface area contributed by atoms with Crippen LogP contribution in [0.5, 0.6) is 0 Å². The summed E-state index contributed by atoms with van der Waals surface area (Å²) in [6.07, 6.45) is 6.73. The van der Waals surface area contributed by atoms with Gasteiger partial charge in [0, 0.05) is 35.0 Å². The smallest absolute Gasteiger partial charge is 0.253 e. The van der Waals surface area contributed by atoms with Crippen molar-refractivity contribution in [2.45, 2.75) is 19.8 Å². The van der Waals surface area contributed by atoms with Crippen molar-refractivity contribution < 1.29 is 4.79 Å². The Balaban J connectivity index is 1.41. The van der Waals surface area contributed by atoms with Gasteiger partial charge in [-0.25, -0.2) is 0 Å². The number of nitrogens with zero attached hydrogens (tertiary/aromatic N) is 3. The van der Waals surface area contributed by atoms with E-state index in [1.807, 2.05) is 48.2 Å². The molecule has 2 aliphatic rings. The molecule has 1 saturated heterocycles. The standard InChI is InChI=1S/C24H23N3O/c1-16-21-8-4-5-9-22(21)23(26-25-16)17-10-12-18(13-11-17)24(28)27-14-19-6-2-3-7-20(19)15-27/h2-5,8-13,19-20H,6-7,14-15H2,1H3/t19-,20+. The second kappa shape index (κ2) is 6.86. The van der Waals surface area contributed by atoms with E-state index in [1.54, 1.807) is 0 Å². The molecule has 3 aromatic rings. The first kappa shape index (κ1) is 17.1. The van der Waals surface area contributed by atoms with Crippen LogP contribution in [0.25, 0.3) is 22.0 Å². The lowest BCUT2D eigenvalue weighted by atomic mass is 9.86. The Morgan fingerprint density at radius 2 is 1.54 bits per heavy atom. The van der Waals surface area contributed by atoms with Gasteiger partial charge in [-0.1, -0.05) is 48.6 Å². The zero-order valence-electron chi connectivity index (χ0n) is 16.0. The van der Waals surface area contributed by atoms with E-state index in [0.29, 0.717) is 11.8 Å². The van der Waals surface area contributed by atoms with E-state index in [0.717, 1.165) is 59.2 Å². The lowest BCUT2D eigenvalue weighted by Gasteiger charge is -2.17. The fraction of sp³-hybridized carbons (Fsp3) is 0.292. The Morgan fingerprint density at radius 3 is 2.21 bits per heavy atom. The van der Waals surface area contributed by atoms with Crippen molar-refractivity contribution in [3.05, 3.63) is 71.9 Å². The van der Waals surface area contributed by atoms with Crippen LogP contribution in [0.2, 0.25) is 0 Å². The fourth-order valence-electron chi connectivity index (χ4n) is 4.58. The SMILES string of the molecule is Cc1nnc(-c2ccc(C(=O)N3C[C@H]4CC=CC[C@H]4C3)cc2)c2ccccc12. The molecular formula is C24H23N3O. The zero-order chi connectivity index (χ0) is 19.1. The van der Waals surface area contributed by atoms with Crippen molar-refractivity contribution in [2.75, 3.05) is 13.1 Å². The van der Waals surface area contributed by atoms with Gasteiger partial charge in [-0.3, -0.25) is 4.79 Å². The predicted molar refractivity (Wildman–Crippen MR) is 111 cm³/mol. The van der Waals surface area contributed by atoms with E-state index in [9.17, 15) is 4.79 Å². The summed E-state index contributed by atoms with van der Waals surface area (Å²) in [5.74, 6) is 1.39. The van der Waals surface area contributed by atoms with Gasteiger partial charge in [0.05, 0.1) is 5.69 Å². The minimum atomic E-state index is 0.140. The highest BCUT2D eigenvalue weighted by Crippen LogP contribution is 2.34.